The van der Waals surface area contributed by atoms with Crippen molar-refractivity contribution in [3.63, 3.8) is 0 Å². The minimum atomic E-state index is 0.322. The Balaban J connectivity index is 1.73. The predicted molar refractivity (Wildman–Crippen MR) is 69.6 cm³/mol. The first kappa shape index (κ1) is 11.7. The summed E-state index contributed by atoms with van der Waals surface area (Å²) < 4.78 is 0. The monoisotopic (exact) mass is 234 g/mol. The van der Waals surface area contributed by atoms with Gasteiger partial charge in [-0.15, -0.1) is 0 Å². The van der Waals surface area contributed by atoms with E-state index in [1.54, 1.807) is 0 Å². The molecule has 0 aliphatic heterocycles. The van der Waals surface area contributed by atoms with Gasteiger partial charge in [0.25, 0.3) is 0 Å². The molecule has 0 saturated heterocycles. The summed E-state index contributed by atoms with van der Waals surface area (Å²) in [5, 5.41) is 0. The van der Waals surface area contributed by atoms with E-state index >= 15 is 0 Å². The van der Waals surface area contributed by atoms with Gasteiger partial charge in [0, 0.05) is 11.8 Å². The summed E-state index contributed by atoms with van der Waals surface area (Å²) in [7, 11) is 0. The lowest BCUT2D eigenvalue weighted by molar-refractivity contribution is -0.139. The zero-order valence-corrected chi connectivity index (χ0v) is 11.3. The molecule has 4 saturated carbocycles. The van der Waals surface area contributed by atoms with E-state index in [9.17, 15) is 4.79 Å². The molecule has 4 bridgehead atoms. The Morgan fingerprint density at radius 3 is 2.06 bits per heavy atom. The molecule has 0 aromatic rings. The second-order valence-corrected chi connectivity index (χ2v) is 7.05. The van der Waals surface area contributed by atoms with Crippen molar-refractivity contribution in [3.05, 3.63) is 0 Å². The number of carbonyl (C=O) groups is 1. The van der Waals surface area contributed by atoms with E-state index in [1.807, 2.05) is 0 Å². The lowest BCUT2D eigenvalue weighted by atomic mass is 9.50. The van der Waals surface area contributed by atoms with Crippen LogP contribution >= 0.6 is 0 Å². The van der Waals surface area contributed by atoms with Crippen LogP contribution in [0.5, 0.6) is 0 Å². The number of hydrogen-bond acceptors (Lipinski definition) is 1. The van der Waals surface area contributed by atoms with Crippen LogP contribution in [-0.2, 0) is 4.79 Å². The number of ketones is 1. The average Bonchev–Trinajstić information content (AvgIpc) is 2.27. The third-order valence-corrected chi connectivity index (χ3v) is 5.76. The van der Waals surface area contributed by atoms with Crippen LogP contribution in [0.25, 0.3) is 0 Å². The van der Waals surface area contributed by atoms with Crippen LogP contribution in [0.1, 0.15) is 58.8 Å². The molecule has 1 heteroatoms. The molecule has 1 atom stereocenters. The summed E-state index contributed by atoms with van der Waals surface area (Å²) in [5.74, 6) is 4.94. The van der Waals surface area contributed by atoms with Crippen molar-refractivity contribution in [3.8, 4) is 0 Å². The van der Waals surface area contributed by atoms with Crippen molar-refractivity contribution in [2.75, 3.05) is 0 Å². The zero-order chi connectivity index (χ0) is 12.0. The highest BCUT2D eigenvalue weighted by molar-refractivity contribution is 5.84. The van der Waals surface area contributed by atoms with E-state index < -0.39 is 0 Å². The molecule has 17 heavy (non-hydrogen) atoms. The second kappa shape index (κ2) is 4.40. The van der Waals surface area contributed by atoms with Gasteiger partial charge in [0.2, 0.25) is 0 Å². The van der Waals surface area contributed by atoms with Gasteiger partial charge in [0.05, 0.1) is 0 Å². The topological polar surface area (TPSA) is 17.1 Å². The van der Waals surface area contributed by atoms with Crippen molar-refractivity contribution in [2.24, 2.45) is 35.5 Å². The summed E-state index contributed by atoms with van der Waals surface area (Å²) in [6, 6.07) is 0. The lowest BCUT2D eigenvalue weighted by Crippen LogP contribution is -2.49. The molecular weight excluding hydrogens is 208 g/mol. The molecule has 0 aromatic heterocycles. The molecule has 0 spiro atoms. The molecule has 1 nitrogen and oxygen atoms in total. The first-order valence-electron chi connectivity index (χ1n) is 7.72. The van der Waals surface area contributed by atoms with Gasteiger partial charge in [-0.1, -0.05) is 20.3 Å². The molecular formula is C16H26O. The maximum atomic E-state index is 12.6. The number of carbonyl (C=O) groups excluding carboxylic acids is 1. The Kier molecular flexibility index (Phi) is 3.04. The standard InChI is InChI=1S/C16H26O/c1-3-4-10(2)16(17)15-13-6-11-5-12(8-13)9-14(15)7-11/h10-15H,3-9H2,1-2H3. The smallest absolute Gasteiger partial charge is 0.139 e. The van der Waals surface area contributed by atoms with Gasteiger partial charge in [-0.25, -0.2) is 0 Å². The van der Waals surface area contributed by atoms with Crippen LogP contribution < -0.4 is 0 Å². The molecule has 4 fully saturated rings. The van der Waals surface area contributed by atoms with Crippen molar-refractivity contribution in [1.29, 1.82) is 0 Å². The van der Waals surface area contributed by atoms with Crippen LogP contribution in [0.2, 0.25) is 0 Å². The first-order valence-corrected chi connectivity index (χ1v) is 7.72. The molecule has 4 aliphatic rings. The molecule has 4 aliphatic carbocycles. The average molecular weight is 234 g/mol. The summed E-state index contributed by atoms with van der Waals surface area (Å²) in [4.78, 5) is 12.6. The van der Waals surface area contributed by atoms with Crippen molar-refractivity contribution in [1.82, 2.24) is 0 Å². The van der Waals surface area contributed by atoms with Gasteiger partial charge in [-0.2, -0.15) is 0 Å². The van der Waals surface area contributed by atoms with Crippen LogP contribution in [0, 0.1) is 35.5 Å². The number of hydrogen-bond donors (Lipinski definition) is 0. The minimum Gasteiger partial charge on any atom is -0.299 e. The molecule has 0 N–H and O–H groups in total. The molecule has 0 amide bonds. The van der Waals surface area contributed by atoms with Crippen LogP contribution in [0.3, 0.4) is 0 Å². The van der Waals surface area contributed by atoms with Gasteiger partial charge in [0.1, 0.15) is 5.78 Å². The Labute approximate surface area is 105 Å². The molecule has 96 valence electrons. The number of Topliss-reactive ketones (excluding diaryl/α,β-unsaturated/α-hetero) is 1. The normalized spacial score (nSPS) is 44.9. The Bertz CT molecular complexity index is 279. The highest BCUT2D eigenvalue weighted by Crippen LogP contribution is 2.57. The molecule has 0 aromatic carbocycles. The molecule has 1 unspecified atom stereocenters. The van der Waals surface area contributed by atoms with Crippen molar-refractivity contribution >= 4 is 5.78 Å². The third kappa shape index (κ3) is 1.96. The molecule has 0 heterocycles. The van der Waals surface area contributed by atoms with Gasteiger partial charge in [-0.3, -0.25) is 4.79 Å². The molecule has 4 rings (SSSR count). The summed E-state index contributed by atoms with van der Waals surface area (Å²) in [6.07, 6.45) is 9.25. The van der Waals surface area contributed by atoms with E-state index in [1.165, 1.54) is 32.1 Å². The van der Waals surface area contributed by atoms with E-state index in [0.29, 0.717) is 17.6 Å². The lowest BCUT2D eigenvalue weighted by Gasteiger charge is -2.54. The van der Waals surface area contributed by atoms with Crippen molar-refractivity contribution in [2.45, 2.75) is 58.8 Å². The van der Waals surface area contributed by atoms with Gasteiger partial charge in [0.15, 0.2) is 0 Å². The Morgan fingerprint density at radius 1 is 1.06 bits per heavy atom. The van der Waals surface area contributed by atoms with Gasteiger partial charge >= 0.3 is 0 Å². The number of rotatable bonds is 4. The van der Waals surface area contributed by atoms with Gasteiger partial charge in [-0.05, 0) is 62.2 Å². The fourth-order valence-electron chi connectivity index (χ4n) is 5.29. The van der Waals surface area contributed by atoms with Gasteiger partial charge < -0.3 is 0 Å². The quantitative estimate of drug-likeness (QED) is 0.717. The maximum absolute atomic E-state index is 12.6. The van der Waals surface area contributed by atoms with E-state index in [4.69, 9.17) is 0 Å². The second-order valence-electron chi connectivity index (χ2n) is 7.05. The SMILES string of the molecule is CCCC(C)C(=O)C1C2CC3CC(C2)CC1C3. The Hall–Kier alpha value is -0.330. The van der Waals surface area contributed by atoms with Crippen LogP contribution in [-0.4, -0.2) is 5.78 Å². The summed E-state index contributed by atoms with van der Waals surface area (Å²) in [6.45, 7) is 4.36. The predicted octanol–water partition coefficient (Wildman–Crippen LogP) is 4.06. The highest BCUT2D eigenvalue weighted by atomic mass is 16.1. The zero-order valence-electron chi connectivity index (χ0n) is 11.3. The van der Waals surface area contributed by atoms with E-state index in [2.05, 4.69) is 13.8 Å². The Morgan fingerprint density at radius 2 is 1.59 bits per heavy atom. The van der Waals surface area contributed by atoms with Crippen LogP contribution in [0.4, 0.5) is 0 Å². The fraction of sp³-hybridized carbons (Fsp3) is 0.938. The summed E-state index contributed by atoms with van der Waals surface area (Å²) >= 11 is 0. The van der Waals surface area contributed by atoms with Crippen molar-refractivity contribution < 1.29 is 4.79 Å². The minimum absolute atomic E-state index is 0.322. The first-order chi connectivity index (χ1) is 8.19. The largest absolute Gasteiger partial charge is 0.299 e. The molecule has 0 radical (unpaired) electrons. The van der Waals surface area contributed by atoms with E-state index in [-0.39, 0.29) is 0 Å². The maximum Gasteiger partial charge on any atom is 0.139 e. The summed E-state index contributed by atoms with van der Waals surface area (Å²) in [5.41, 5.74) is 0. The highest BCUT2D eigenvalue weighted by Gasteiger charge is 2.50. The van der Waals surface area contributed by atoms with Crippen LogP contribution in [0.15, 0.2) is 0 Å². The fourth-order valence-corrected chi connectivity index (χ4v) is 5.29. The van der Waals surface area contributed by atoms with E-state index in [0.717, 1.165) is 36.5 Å². The third-order valence-electron chi connectivity index (χ3n) is 5.76.